The minimum Gasteiger partial charge on any atom is -0.484 e. The molecule has 1 aliphatic heterocycles. The van der Waals surface area contributed by atoms with Crippen LogP contribution < -0.4 is 10.1 Å². The van der Waals surface area contributed by atoms with Gasteiger partial charge in [0.15, 0.2) is 6.61 Å². The Hall–Kier alpha value is -2.27. The summed E-state index contributed by atoms with van der Waals surface area (Å²) in [4.78, 5) is 14.7. The van der Waals surface area contributed by atoms with Crippen molar-refractivity contribution in [2.75, 3.05) is 26.2 Å². The van der Waals surface area contributed by atoms with Crippen molar-refractivity contribution in [2.24, 2.45) is 5.92 Å². The van der Waals surface area contributed by atoms with Gasteiger partial charge in [-0.2, -0.15) is 0 Å². The van der Waals surface area contributed by atoms with Gasteiger partial charge in [0.25, 0.3) is 5.91 Å². The summed E-state index contributed by atoms with van der Waals surface area (Å²) in [6, 6.07) is 11.8. The number of amides is 1. The maximum absolute atomic E-state index is 12.3. The van der Waals surface area contributed by atoms with E-state index < -0.39 is 0 Å². The lowest BCUT2D eigenvalue weighted by Crippen LogP contribution is -2.42. The number of carbonyl (C=O) groups excluding carboxylic acids is 1. The molecule has 0 spiro atoms. The van der Waals surface area contributed by atoms with Crippen molar-refractivity contribution >= 4 is 5.91 Å². The van der Waals surface area contributed by atoms with Crippen LogP contribution in [-0.4, -0.2) is 37.0 Å². The predicted octanol–water partition coefficient (Wildman–Crippen LogP) is 3.86. The van der Waals surface area contributed by atoms with Gasteiger partial charge in [-0.1, -0.05) is 19.1 Å². The number of nitrogens with one attached hydrogen (secondary N) is 1. The molecule has 1 aliphatic rings. The van der Waals surface area contributed by atoms with Crippen LogP contribution in [0.1, 0.15) is 42.9 Å². The van der Waals surface area contributed by atoms with E-state index in [4.69, 9.17) is 9.15 Å². The highest BCUT2D eigenvalue weighted by Gasteiger charge is 2.27. The molecule has 0 bridgehead atoms. The van der Waals surface area contributed by atoms with Gasteiger partial charge in [-0.3, -0.25) is 9.69 Å². The summed E-state index contributed by atoms with van der Waals surface area (Å²) >= 11 is 0. The Bertz CT molecular complexity index is 748. The van der Waals surface area contributed by atoms with Gasteiger partial charge in [0.1, 0.15) is 17.3 Å². The molecule has 1 atom stereocenters. The Morgan fingerprint density at radius 1 is 1.26 bits per heavy atom. The maximum atomic E-state index is 12.3. The number of hydrogen-bond acceptors (Lipinski definition) is 4. The Morgan fingerprint density at radius 3 is 2.70 bits per heavy atom. The van der Waals surface area contributed by atoms with E-state index in [1.54, 1.807) is 0 Å². The van der Waals surface area contributed by atoms with Crippen LogP contribution in [0.3, 0.4) is 0 Å². The van der Waals surface area contributed by atoms with Crippen LogP contribution in [0.5, 0.6) is 5.75 Å². The summed E-state index contributed by atoms with van der Waals surface area (Å²) in [6.07, 6.45) is 2.36. The van der Waals surface area contributed by atoms with Crippen LogP contribution >= 0.6 is 0 Å². The smallest absolute Gasteiger partial charge is 0.258 e. The Morgan fingerprint density at radius 2 is 2.04 bits per heavy atom. The molecule has 1 fully saturated rings. The molecule has 1 saturated heterocycles. The van der Waals surface area contributed by atoms with Gasteiger partial charge in [0.05, 0.1) is 6.04 Å². The molecule has 2 aromatic rings. The van der Waals surface area contributed by atoms with Crippen molar-refractivity contribution in [3.05, 3.63) is 53.5 Å². The second kappa shape index (κ2) is 9.09. The number of ether oxygens (including phenoxy) is 1. The second-order valence-electron chi connectivity index (χ2n) is 7.59. The van der Waals surface area contributed by atoms with Crippen molar-refractivity contribution in [1.29, 1.82) is 0 Å². The third kappa shape index (κ3) is 5.60. The zero-order valence-corrected chi connectivity index (χ0v) is 16.5. The molecule has 0 radical (unpaired) electrons. The van der Waals surface area contributed by atoms with Gasteiger partial charge in [-0.15, -0.1) is 0 Å². The summed E-state index contributed by atoms with van der Waals surface area (Å²) in [5.41, 5.74) is 1.11. The first-order valence-corrected chi connectivity index (χ1v) is 9.78. The fourth-order valence-corrected chi connectivity index (χ4v) is 3.50. The summed E-state index contributed by atoms with van der Waals surface area (Å²) in [5, 5.41) is 3.02. The molecule has 0 saturated carbocycles. The van der Waals surface area contributed by atoms with Gasteiger partial charge in [0, 0.05) is 6.54 Å². The Kier molecular flexibility index (Phi) is 6.56. The molecule has 1 N–H and O–H groups in total. The molecule has 27 heavy (non-hydrogen) atoms. The van der Waals surface area contributed by atoms with E-state index in [0.717, 1.165) is 36.1 Å². The molecule has 146 valence electrons. The number of aryl methyl sites for hydroxylation is 2. The molecule has 0 unspecified atom stereocenters. The van der Waals surface area contributed by atoms with E-state index in [1.165, 1.54) is 12.8 Å². The number of benzene rings is 1. The van der Waals surface area contributed by atoms with Crippen LogP contribution in [-0.2, 0) is 4.79 Å². The van der Waals surface area contributed by atoms with E-state index in [9.17, 15) is 4.79 Å². The van der Waals surface area contributed by atoms with E-state index in [2.05, 4.69) is 17.1 Å². The van der Waals surface area contributed by atoms with Crippen molar-refractivity contribution in [3.63, 3.8) is 0 Å². The lowest BCUT2D eigenvalue weighted by molar-refractivity contribution is -0.123. The highest BCUT2D eigenvalue weighted by Crippen LogP contribution is 2.27. The van der Waals surface area contributed by atoms with Crippen molar-refractivity contribution in [2.45, 2.75) is 39.7 Å². The summed E-state index contributed by atoms with van der Waals surface area (Å²) in [6.45, 7) is 8.85. The van der Waals surface area contributed by atoms with Crippen LogP contribution in [0.15, 0.2) is 40.8 Å². The fraction of sp³-hybridized carbons (Fsp3) is 0.500. The van der Waals surface area contributed by atoms with Gasteiger partial charge in [-0.25, -0.2) is 0 Å². The first kappa shape index (κ1) is 19.5. The van der Waals surface area contributed by atoms with Gasteiger partial charge < -0.3 is 14.5 Å². The van der Waals surface area contributed by atoms with Gasteiger partial charge in [-0.05, 0) is 75.5 Å². The monoisotopic (exact) mass is 370 g/mol. The van der Waals surface area contributed by atoms with Crippen molar-refractivity contribution in [3.8, 4) is 5.75 Å². The summed E-state index contributed by atoms with van der Waals surface area (Å²) in [7, 11) is 0. The fourth-order valence-electron chi connectivity index (χ4n) is 3.50. The number of likely N-dealkylation sites (tertiary alicyclic amines) is 1. The third-order valence-corrected chi connectivity index (χ3v) is 5.20. The molecular weight excluding hydrogens is 340 g/mol. The largest absolute Gasteiger partial charge is 0.484 e. The van der Waals surface area contributed by atoms with Crippen LogP contribution in [0.2, 0.25) is 0 Å². The highest BCUT2D eigenvalue weighted by atomic mass is 16.5. The Labute approximate surface area is 161 Å². The molecule has 1 aromatic heterocycles. The first-order chi connectivity index (χ1) is 13.0. The molecule has 3 rings (SSSR count). The maximum Gasteiger partial charge on any atom is 0.258 e. The molecular formula is C22H30N2O3. The SMILES string of the molecule is Cc1cccc(OCC(=O)NC[C@H](c2ccc(C)o2)N2CCC(C)CC2)c1. The third-order valence-electron chi connectivity index (χ3n) is 5.20. The molecule has 2 heterocycles. The topological polar surface area (TPSA) is 54.7 Å². The van der Waals surface area contributed by atoms with Crippen LogP contribution in [0, 0.1) is 19.8 Å². The number of rotatable bonds is 7. The average Bonchev–Trinajstić information content (AvgIpc) is 3.08. The van der Waals surface area contributed by atoms with Gasteiger partial charge in [0.2, 0.25) is 0 Å². The molecule has 5 heteroatoms. The van der Waals surface area contributed by atoms with Crippen molar-refractivity contribution < 1.29 is 13.9 Å². The molecule has 5 nitrogen and oxygen atoms in total. The zero-order valence-electron chi connectivity index (χ0n) is 16.5. The van der Waals surface area contributed by atoms with Crippen molar-refractivity contribution in [1.82, 2.24) is 10.2 Å². The van der Waals surface area contributed by atoms with E-state index in [-0.39, 0.29) is 18.6 Å². The molecule has 1 aromatic carbocycles. The quantitative estimate of drug-likeness (QED) is 0.804. The predicted molar refractivity (Wildman–Crippen MR) is 106 cm³/mol. The van der Waals surface area contributed by atoms with Crippen LogP contribution in [0.4, 0.5) is 0 Å². The van der Waals surface area contributed by atoms with Gasteiger partial charge >= 0.3 is 0 Å². The zero-order chi connectivity index (χ0) is 19.2. The second-order valence-corrected chi connectivity index (χ2v) is 7.59. The molecule has 1 amide bonds. The normalized spacial score (nSPS) is 16.9. The lowest BCUT2D eigenvalue weighted by atomic mass is 9.97. The highest BCUT2D eigenvalue weighted by molar-refractivity contribution is 5.77. The summed E-state index contributed by atoms with van der Waals surface area (Å²) < 4.78 is 11.5. The number of furan rings is 1. The lowest BCUT2D eigenvalue weighted by Gasteiger charge is -2.35. The molecule has 0 aliphatic carbocycles. The Balaban J connectivity index is 1.56. The minimum atomic E-state index is -0.116. The number of carbonyl (C=O) groups is 1. The number of piperidine rings is 1. The first-order valence-electron chi connectivity index (χ1n) is 9.78. The van der Waals surface area contributed by atoms with E-state index >= 15 is 0 Å². The average molecular weight is 370 g/mol. The van der Waals surface area contributed by atoms with E-state index in [1.807, 2.05) is 50.2 Å². The standard InChI is InChI=1S/C22H30N2O3/c1-16-9-11-24(12-10-16)20(21-8-7-18(3)27-21)14-23-22(25)15-26-19-6-4-5-17(2)13-19/h4-8,13,16,20H,9-12,14-15H2,1-3H3,(H,23,25)/t20-/m1/s1. The minimum absolute atomic E-state index is 0.0182. The van der Waals surface area contributed by atoms with E-state index in [0.29, 0.717) is 12.3 Å². The number of nitrogens with zero attached hydrogens (tertiary/aromatic N) is 1. The summed E-state index contributed by atoms with van der Waals surface area (Å²) in [5.74, 6) is 3.18. The number of hydrogen-bond donors (Lipinski definition) is 1. The van der Waals surface area contributed by atoms with Crippen LogP contribution in [0.25, 0.3) is 0 Å².